The van der Waals surface area contributed by atoms with E-state index in [9.17, 15) is 0 Å². The molecule has 4 rings (SSSR count). The van der Waals surface area contributed by atoms with E-state index in [4.69, 9.17) is 40.6 Å². The highest BCUT2D eigenvalue weighted by Crippen LogP contribution is 2.42. The van der Waals surface area contributed by atoms with Crippen molar-refractivity contribution in [2.75, 3.05) is 6.61 Å². The van der Waals surface area contributed by atoms with Gasteiger partial charge in [0.1, 0.15) is 18.5 Å². The molecule has 3 fully saturated rings. The maximum atomic E-state index is 6.07. The van der Waals surface area contributed by atoms with Gasteiger partial charge in [0.15, 0.2) is 30.1 Å². The van der Waals surface area contributed by atoms with Crippen molar-refractivity contribution in [3.8, 4) is 0 Å². The fourth-order valence-corrected chi connectivity index (χ4v) is 3.58. The van der Waals surface area contributed by atoms with Gasteiger partial charge in [0.25, 0.3) is 5.17 Å². The molecule has 0 bridgehead atoms. The van der Waals surface area contributed by atoms with E-state index in [0.29, 0.717) is 6.61 Å². The SMILES string of the molecule is CC1(C)O[C@H]2O[C@H]([C@H]3COC(C)(C)O3)[C@H](OC(=S)n3ccnc3)[C@H]2O1. The highest BCUT2D eigenvalue weighted by Gasteiger charge is 2.59. The van der Waals surface area contributed by atoms with E-state index >= 15 is 0 Å². The molecule has 0 aromatic carbocycles. The largest absolute Gasteiger partial charge is 0.461 e. The van der Waals surface area contributed by atoms with Gasteiger partial charge in [0.05, 0.1) is 6.61 Å². The number of aromatic nitrogens is 2. The second kappa shape index (κ2) is 5.97. The number of rotatable bonds is 2. The van der Waals surface area contributed by atoms with E-state index in [1.54, 1.807) is 23.3 Å². The summed E-state index contributed by atoms with van der Waals surface area (Å²) in [5.74, 6) is -1.41. The summed E-state index contributed by atoms with van der Waals surface area (Å²) >= 11 is 5.38. The van der Waals surface area contributed by atoms with Crippen molar-refractivity contribution in [1.82, 2.24) is 9.55 Å². The summed E-state index contributed by atoms with van der Waals surface area (Å²) in [6, 6.07) is 0. The highest BCUT2D eigenvalue weighted by atomic mass is 32.1. The van der Waals surface area contributed by atoms with Crippen molar-refractivity contribution in [3.05, 3.63) is 18.7 Å². The molecule has 25 heavy (non-hydrogen) atoms. The van der Waals surface area contributed by atoms with Gasteiger partial charge in [0, 0.05) is 12.4 Å². The van der Waals surface area contributed by atoms with Crippen molar-refractivity contribution in [2.45, 2.75) is 70.0 Å². The van der Waals surface area contributed by atoms with Gasteiger partial charge >= 0.3 is 0 Å². The number of nitrogens with zero attached hydrogens (tertiary/aromatic N) is 2. The first-order chi connectivity index (χ1) is 11.7. The second-order valence-corrected chi connectivity index (χ2v) is 7.60. The summed E-state index contributed by atoms with van der Waals surface area (Å²) in [5.41, 5.74) is 0. The van der Waals surface area contributed by atoms with E-state index in [1.807, 2.05) is 27.7 Å². The molecule has 4 heterocycles. The summed E-state index contributed by atoms with van der Waals surface area (Å²) in [6.07, 6.45) is 2.79. The Labute approximate surface area is 151 Å². The molecule has 0 spiro atoms. The molecule has 0 unspecified atom stereocenters. The molecule has 8 nitrogen and oxygen atoms in total. The number of fused-ring (bicyclic) bond motifs is 1. The first-order valence-electron chi connectivity index (χ1n) is 8.26. The van der Waals surface area contributed by atoms with E-state index in [1.165, 1.54) is 0 Å². The lowest BCUT2D eigenvalue weighted by molar-refractivity contribution is -0.231. The standard InChI is InChI=1S/C16H22N2O6S/c1-15(2)19-7-9(22-15)10-11(21-14(25)18-6-5-17-8-18)12-13(20-10)24-16(3,4)23-12/h5-6,8-13H,7H2,1-4H3/t9-,10-,11+,12-,13-/m1/s1. The van der Waals surface area contributed by atoms with Crippen LogP contribution in [0.4, 0.5) is 0 Å². The Bertz CT molecular complexity index is 649. The molecule has 1 aromatic rings. The topological polar surface area (TPSA) is 73.2 Å². The highest BCUT2D eigenvalue weighted by molar-refractivity contribution is 7.80. The van der Waals surface area contributed by atoms with Crippen LogP contribution in [-0.2, 0) is 28.4 Å². The second-order valence-electron chi connectivity index (χ2n) is 7.25. The number of thiocarbonyl (C=S) groups is 1. The predicted molar refractivity (Wildman–Crippen MR) is 88.7 cm³/mol. The van der Waals surface area contributed by atoms with Gasteiger partial charge in [-0.3, -0.25) is 4.57 Å². The van der Waals surface area contributed by atoms with Crippen LogP contribution in [0.5, 0.6) is 0 Å². The van der Waals surface area contributed by atoms with Crippen LogP contribution in [0.15, 0.2) is 18.7 Å². The van der Waals surface area contributed by atoms with Gasteiger partial charge in [0.2, 0.25) is 0 Å². The average molecular weight is 370 g/mol. The van der Waals surface area contributed by atoms with Crippen LogP contribution in [0.3, 0.4) is 0 Å². The van der Waals surface area contributed by atoms with E-state index in [0.717, 1.165) is 0 Å². The Hall–Kier alpha value is -1.10. The van der Waals surface area contributed by atoms with Crippen LogP contribution in [0, 0.1) is 0 Å². The molecule has 0 saturated carbocycles. The molecular weight excluding hydrogens is 348 g/mol. The lowest BCUT2D eigenvalue weighted by Crippen LogP contribution is -2.45. The molecular formula is C16H22N2O6S. The summed E-state index contributed by atoms with van der Waals surface area (Å²) in [6.45, 7) is 7.81. The summed E-state index contributed by atoms with van der Waals surface area (Å²) in [5, 5.41) is 0.267. The first-order valence-corrected chi connectivity index (χ1v) is 8.67. The van der Waals surface area contributed by atoms with Gasteiger partial charge in [-0.05, 0) is 39.9 Å². The van der Waals surface area contributed by atoms with Crippen LogP contribution in [-0.4, -0.2) is 63.6 Å². The first kappa shape index (κ1) is 17.3. The third-order valence-electron chi connectivity index (χ3n) is 4.38. The van der Waals surface area contributed by atoms with Crippen molar-refractivity contribution < 1.29 is 28.4 Å². The lowest BCUT2D eigenvalue weighted by atomic mass is 10.1. The molecule has 1 aromatic heterocycles. The summed E-state index contributed by atoms with van der Waals surface area (Å²) in [4.78, 5) is 3.99. The van der Waals surface area contributed by atoms with Gasteiger partial charge in [-0.1, -0.05) is 0 Å². The monoisotopic (exact) mass is 370 g/mol. The Morgan fingerprint density at radius 3 is 2.60 bits per heavy atom. The molecule has 9 heteroatoms. The zero-order valence-corrected chi connectivity index (χ0v) is 15.4. The van der Waals surface area contributed by atoms with Crippen molar-refractivity contribution in [1.29, 1.82) is 0 Å². The quantitative estimate of drug-likeness (QED) is 0.724. The third kappa shape index (κ3) is 3.32. The molecule has 3 saturated heterocycles. The fourth-order valence-electron chi connectivity index (χ4n) is 3.36. The summed E-state index contributed by atoms with van der Waals surface area (Å²) < 4.78 is 37.2. The Balaban J connectivity index is 1.55. The molecule has 138 valence electrons. The Morgan fingerprint density at radius 2 is 1.96 bits per heavy atom. The van der Waals surface area contributed by atoms with Crippen molar-refractivity contribution in [3.63, 3.8) is 0 Å². The van der Waals surface area contributed by atoms with Gasteiger partial charge in [-0.25, -0.2) is 4.98 Å². The molecule has 5 atom stereocenters. The molecule has 0 radical (unpaired) electrons. The number of ether oxygens (including phenoxy) is 6. The number of hydrogen-bond donors (Lipinski definition) is 0. The van der Waals surface area contributed by atoms with Gasteiger partial charge in [-0.15, -0.1) is 0 Å². The maximum absolute atomic E-state index is 6.07. The van der Waals surface area contributed by atoms with Crippen LogP contribution < -0.4 is 0 Å². The van der Waals surface area contributed by atoms with E-state index in [-0.39, 0.29) is 11.3 Å². The Morgan fingerprint density at radius 1 is 1.16 bits per heavy atom. The van der Waals surface area contributed by atoms with Crippen molar-refractivity contribution in [2.24, 2.45) is 0 Å². The molecule has 3 aliphatic rings. The van der Waals surface area contributed by atoms with Crippen LogP contribution in [0.2, 0.25) is 0 Å². The zero-order chi connectivity index (χ0) is 17.8. The molecule has 3 aliphatic heterocycles. The van der Waals surface area contributed by atoms with Crippen molar-refractivity contribution >= 4 is 17.4 Å². The number of imidazole rings is 1. The predicted octanol–water partition coefficient (Wildman–Crippen LogP) is 1.43. The molecule has 0 amide bonds. The van der Waals surface area contributed by atoms with Gasteiger partial charge in [-0.2, -0.15) is 0 Å². The minimum absolute atomic E-state index is 0.267. The maximum Gasteiger partial charge on any atom is 0.269 e. The minimum atomic E-state index is -0.745. The average Bonchev–Trinajstić information content (AvgIpc) is 3.24. The van der Waals surface area contributed by atoms with Crippen LogP contribution in [0.25, 0.3) is 0 Å². The molecule has 0 aliphatic carbocycles. The Kier molecular flexibility index (Phi) is 4.13. The van der Waals surface area contributed by atoms with E-state index in [2.05, 4.69) is 4.98 Å². The van der Waals surface area contributed by atoms with Crippen LogP contribution >= 0.6 is 12.2 Å². The van der Waals surface area contributed by atoms with Gasteiger partial charge < -0.3 is 28.4 Å². The number of hydrogen-bond acceptors (Lipinski definition) is 8. The zero-order valence-electron chi connectivity index (χ0n) is 14.6. The summed E-state index contributed by atoms with van der Waals surface area (Å²) in [7, 11) is 0. The van der Waals surface area contributed by atoms with E-state index < -0.39 is 36.2 Å². The minimum Gasteiger partial charge on any atom is -0.461 e. The normalized spacial score (nSPS) is 38.6. The fraction of sp³-hybridized carbons (Fsp3) is 0.750. The molecule has 0 N–H and O–H groups in total. The van der Waals surface area contributed by atoms with Crippen LogP contribution in [0.1, 0.15) is 27.7 Å². The third-order valence-corrected chi connectivity index (χ3v) is 4.68. The lowest BCUT2D eigenvalue weighted by Gasteiger charge is -2.29. The smallest absolute Gasteiger partial charge is 0.269 e.